The number of carbonyl (C=O) groups is 2. The number of nitrogens with zero attached hydrogens (tertiary/aromatic N) is 4. The van der Waals surface area contributed by atoms with E-state index in [1.54, 1.807) is 29.9 Å². The minimum absolute atomic E-state index is 0.109. The molecule has 0 bridgehead atoms. The molecule has 1 aromatic rings. The molecule has 0 saturated carbocycles. The molecule has 1 aliphatic heterocycles. The Balaban J connectivity index is 2.18. The molecule has 0 aliphatic carbocycles. The Bertz CT molecular complexity index is 557. The molecule has 0 radical (unpaired) electrons. The molecule has 0 saturated heterocycles. The summed E-state index contributed by atoms with van der Waals surface area (Å²) in [6.07, 6.45) is 1.20. The lowest BCUT2D eigenvalue weighted by atomic mass is 10.2. The van der Waals surface area contributed by atoms with Gasteiger partial charge in [-0.05, 0) is 20.8 Å². The average molecular weight is 294 g/mol. The SMILES string of the molecule is CN(C)C(=O)c1cnn2c1CN(C(=O)OC(C)(C)C)CC2. The first kappa shape index (κ1) is 15.3. The van der Waals surface area contributed by atoms with E-state index in [2.05, 4.69) is 5.10 Å². The third-order valence-corrected chi connectivity index (χ3v) is 3.16. The molecule has 0 unspecified atom stereocenters. The zero-order valence-electron chi connectivity index (χ0n) is 13.2. The molecule has 0 fully saturated rings. The molecule has 21 heavy (non-hydrogen) atoms. The summed E-state index contributed by atoms with van der Waals surface area (Å²) in [6, 6.07) is 0. The van der Waals surface area contributed by atoms with Gasteiger partial charge in [-0.2, -0.15) is 5.10 Å². The lowest BCUT2D eigenvalue weighted by Crippen LogP contribution is -2.42. The number of hydrogen-bond donors (Lipinski definition) is 0. The number of rotatable bonds is 1. The van der Waals surface area contributed by atoms with Crippen molar-refractivity contribution in [1.82, 2.24) is 19.6 Å². The largest absolute Gasteiger partial charge is 0.444 e. The Labute approximate surface area is 124 Å². The Morgan fingerprint density at radius 3 is 2.52 bits per heavy atom. The first-order valence-corrected chi connectivity index (χ1v) is 6.93. The smallest absolute Gasteiger partial charge is 0.410 e. The number of hydrogen-bond acceptors (Lipinski definition) is 4. The lowest BCUT2D eigenvalue weighted by Gasteiger charge is -2.30. The predicted octanol–water partition coefficient (Wildman–Crippen LogP) is 1.34. The van der Waals surface area contributed by atoms with Crippen LogP contribution in [-0.4, -0.2) is 57.8 Å². The summed E-state index contributed by atoms with van der Waals surface area (Å²) in [5.41, 5.74) is 0.760. The predicted molar refractivity (Wildman–Crippen MR) is 76.9 cm³/mol. The van der Waals surface area contributed by atoms with Crippen molar-refractivity contribution in [3.05, 3.63) is 17.5 Å². The Morgan fingerprint density at radius 2 is 1.95 bits per heavy atom. The molecule has 0 aromatic carbocycles. The van der Waals surface area contributed by atoms with Gasteiger partial charge in [-0.3, -0.25) is 9.48 Å². The summed E-state index contributed by atoms with van der Waals surface area (Å²) in [7, 11) is 3.39. The molecule has 0 N–H and O–H groups in total. The number of amides is 2. The van der Waals surface area contributed by atoms with Gasteiger partial charge in [-0.1, -0.05) is 0 Å². The molecular formula is C14H22N4O3. The second-order valence-corrected chi connectivity index (χ2v) is 6.33. The summed E-state index contributed by atoms with van der Waals surface area (Å²) in [6.45, 7) is 6.93. The van der Waals surface area contributed by atoms with Crippen LogP contribution in [0.25, 0.3) is 0 Å². The number of ether oxygens (including phenoxy) is 1. The zero-order valence-corrected chi connectivity index (χ0v) is 13.2. The summed E-state index contributed by atoms with van der Waals surface area (Å²) in [4.78, 5) is 27.4. The van der Waals surface area contributed by atoms with Crippen molar-refractivity contribution in [1.29, 1.82) is 0 Å². The lowest BCUT2D eigenvalue weighted by molar-refractivity contribution is 0.0192. The highest BCUT2D eigenvalue weighted by Gasteiger charge is 2.29. The monoisotopic (exact) mass is 294 g/mol. The van der Waals surface area contributed by atoms with Crippen LogP contribution in [0.1, 0.15) is 36.8 Å². The standard InChI is InChI=1S/C14H22N4O3/c1-14(2,3)21-13(20)17-6-7-18-11(9-17)10(8-15-18)12(19)16(4)5/h8H,6-7,9H2,1-5H3. The fourth-order valence-corrected chi connectivity index (χ4v) is 2.15. The Hall–Kier alpha value is -2.05. The van der Waals surface area contributed by atoms with Crippen LogP contribution in [-0.2, 0) is 17.8 Å². The van der Waals surface area contributed by atoms with Crippen LogP contribution in [0.3, 0.4) is 0 Å². The third kappa shape index (κ3) is 3.34. The van der Waals surface area contributed by atoms with Gasteiger partial charge in [0.25, 0.3) is 5.91 Å². The number of aromatic nitrogens is 2. The van der Waals surface area contributed by atoms with Gasteiger partial charge in [0.1, 0.15) is 5.60 Å². The van der Waals surface area contributed by atoms with E-state index >= 15 is 0 Å². The molecule has 1 aromatic heterocycles. The molecular weight excluding hydrogens is 272 g/mol. The Morgan fingerprint density at radius 1 is 1.29 bits per heavy atom. The summed E-state index contributed by atoms with van der Waals surface area (Å²) < 4.78 is 7.15. The van der Waals surface area contributed by atoms with Crippen molar-refractivity contribution in [2.45, 2.75) is 39.5 Å². The molecule has 7 heteroatoms. The van der Waals surface area contributed by atoms with Gasteiger partial charge in [-0.15, -0.1) is 0 Å². The van der Waals surface area contributed by atoms with Crippen LogP contribution in [0.5, 0.6) is 0 Å². The van der Waals surface area contributed by atoms with Crippen LogP contribution in [0, 0.1) is 0 Å². The molecule has 2 heterocycles. The first-order chi connectivity index (χ1) is 9.69. The van der Waals surface area contributed by atoms with Gasteiger partial charge in [0.05, 0.1) is 30.5 Å². The van der Waals surface area contributed by atoms with Crippen LogP contribution in [0.4, 0.5) is 4.79 Å². The van der Waals surface area contributed by atoms with Gasteiger partial charge in [0.15, 0.2) is 0 Å². The van der Waals surface area contributed by atoms with Gasteiger partial charge in [0.2, 0.25) is 0 Å². The number of fused-ring (bicyclic) bond motifs is 1. The van der Waals surface area contributed by atoms with E-state index in [1.807, 2.05) is 20.8 Å². The van der Waals surface area contributed by atoms with E-state index in [-0.39, 0.29) is 12.0 Å². The van der Waals surface area contributed by atoms with Crippen LogP contribution < -0.4 is 0 Å². The van der Waals surface area contributed by atoms with E-state index in [4.69, 9.17) is 4.74 Å². The fourth-order valence-electron chi connectivity index (χ4n) is 2.15. The Kier molecular flexibility index (Phi) is 3.93. The third-order valence-electron chi connectivity index (χ3n) is 3.16. The summed E-state index contributed by atoms with van der Waals surface area (Å²) in [5.74, 6) is -0.109. The van der Waals surface area contributed by atoms with Gasteiger partial charge in [0, 0.05) is 20.6 Å². The highest BCUT2D eigenvalue weighted by Crippen LogP contribution is 2.20. The van der Waals surface area contributed by atoms with Crippen molar-refractivity contribution in [2.75, 3.05) is 20.6 Å². The van der Waals surface area contributed by atoms with Gasteiger partial charge in [-0.25, -0.2) is 4.79 Å². The quantitative estimate of drug-likeness (QED) is 0.784. The van der Waals surface area contributed by atoms with Crippen molar-refractivity contribution < 1.29 is 14.3 Å². The van der Waals surface area contributed by atoms with E-state index < -0.39 is 5.60 Å². The highest BCUT2D eigenvalue weighted by molar-refractivity contribution is 5.94. The normalized spacial score (nSPS) is 14.6. The summed E-state index contributed by atoms with van der Waals surface area (Å²) >= 11 is 0. The maximum absolute atomic E-state index is 12.1. The maximum Gasteiger partial charge on any atom is 0.410 e. The van der Waals surface area contributed by atoms with Gasteiger partial charge < -0.3 is 14.5 Å². The number of carbonyl (C=O) groups excluding carboxylic acids is 2. The van der Waals surface area contributed by atoms with Crippen molar-refractivity contribution in [3.8, 4) is 0 Å². The molecule has 7 nitrogen and oxygen atoms in total. The average Bonchev–Trinajstić information content (AvgIpc) is 2.78. The van der Waals surface area contributed by atoms with E-state index in [0.29, 0.717) is 25.2 Å². The molecule has 0 atom stereocenters. The second kappa shape index (κ2) is 5.38. The topological polar surface area (TPSA) is 67.7 Å². The minimum atomic E-state index is -0.531. The van der Waals surface area contributed by atoms with E-state index in [0.717, 1.165) is 5.69 Å². The summed E-state index contributed by atoms with van der Waals surface area (Å²) in [5, 5.41) is 4.22. The molecule has 1 aliphatic rings. The maximum atomic E-state index is 12.1. The van der Waals surface area contributed by atoms with E-state index in [1.165, 1.54) is 4.90 Å². The molecule has 2 rings (SSSR count). The first-order valence-electron chi connectivity index (χ1n) is 6.93. The molecule has 0 spiro atoms. The van der Waals surface area contributed by atoms with Crippen molar-refractivity contribution in [2.24, 2.45) is 0 Å². The molecule has 2 amide bonds. The van der Waals surface area contributed by atoms with Crippen LogP contribution in [0.15, 0.2) is 6.20 Å². The molecule has 116 valence electrons. The fraction of sp³-hybridized carbons (Fsp3) is 0.643. The highest BCUT2D eigenvalue weighted by atomic mass is 16.6. The minimum Gasteiger partial charge on any atom is -0.444 e. The van der Waals surface area contributed by atoms with Crippen molar-refractivity contribution >= 4 is 12.0 Å². The van der Waals surface area contributed by atoms with E-state index in [9.17, 15) is 9.59 Å². The second-order valence-electron chi connectivity index (χ2n) is 6.33. The van der Waals surface area contributed by atoms with Crippen LogP contribution >= 0.6 is 0 Å². The zero-order chi connectivity index (χ0) is 15.8. The van der Waals surface area contributed by atoms with Crippen LogP contribution in [0.2, 0.25) is 0 Å². The van der Waals surface area contributed by atoms with Crippen molar-refractivity contribution in [3.63, 3.8) is 0 Å². The van der Waals surface area contributed by atoms with Gasteiger partial charge >= 0.3 is 6.09 Å².